The van der Waals surface area contributed by atoms with Gasteiger partial charge in [0.15, 0.2) is 0 Å². The number of hydrogen-bond donors (Lipinski definition) is 2. The molecule has 0 bridgehead atoms. The van der Waals surface area contributed by atoms with Gasteiger partial charge in [-0.25, -0.2) is 8.42 Å². The van der Waals surface area contributed by atoms with Crippen LogP contribution >= 0.6 is 0 Å². The zero-order valence-corrected chi connectivity index (χ0v) is 9.49. The van der Waals surface area contributed by atoms with Crippen LogP contribution in [0.3, 0.4) is 0 Å². The Hall–Kier alpha value is -1.63. The van der Waals surface area contributed by atoms with Crippen LogP contribution in [0, 0.1) is 6.92 Å². The van der Waals surface area contributed by atoms with E-state index in [9.17, 15) is 13.2 Å². The van der Waals surface area contributed by atoms with E-state index >= 15 is 0 Å². The van der Waals surface area contributed by atoms with E-state index in [1.54, 1.807) is 25.3 Å². The van der Waals surface area contributed by atoms with Crippen LogP contribution in [0.25, 0.3) is 0 Å². The molecule has 1 rings (SSSR count). The number of carbonyl (C=O) groups is 1. The van der Waals surface area contributed by atoms with Gasteiger partial charge in [-0.3, -0.25) is 14.5 Å². The zero-order valence-electron chi connectivity index (χ0n) is 8.67. The molecule has 88 valence electrons. The molecule has 1 heterocycles. The Kier molecular flexibility index (Phi) is 3.83. The Labute approximate surface area is 93.4 Å². The molecule has 6 nitrogen and oxygen atoms in total. The number of pyridine rings is 1. The first kappa shape index (κ1) is 12.4. The normalized spacial score (nSPS) is 11.1. The van der Waals surface area contributed by atoms with Gasteiger partial charge in [0, 0.05) is 6.20 Å². The summed E-state index contributed by atoms with van der Waals surface area (Å²) in [6, 6.07) is 3.17. The fraction of sp³-hybridized carbons (Fsp3) is 0.333. The first-order valence-electron chi connectivity index (χ1n) is 4.54. The van der Waals surface area contributed by atoms with Crippen molar-refractivity contribution >= 4 is 21.7 Å². The first-order valence-corrected chi connectivity index (χ1v) is 6.20. The molecule has 0 saturated carbocycles. The third-order valence-corrected chi connectivity index (χ3v) is 3.13. The number of aliphatic carboxylic acids is 1. The average molecular weight is 244 g/mol. The van der Waals surface area contributed by atoms with Crippen LogP contribution in [0.1, 0.15) is 12.1 Å². The molecule has 7 heteroatoms. The van der Waals surface area contributed by atoms with Crippen LogP contribution in [0.15, 0.2) is 18.3 Å². The number of hydrogen-bond acceptors (Lipinski definition) is 4. The number of sulfonamides is 1. The molecular weight excluding hydrogens is 232 g/mol. The van der Waals surface area contributed by atoms with Gasteiger partial charge in [-0.15, -0.1) is 0 Å². The smallest absolute Gasteiger partial charge is 0.304 e. The number of rotatable bonds is 5. The second kappa shape index (κ2) is 4.93. The molecule has 0 saturated heterocycles. The average Bonchev–Trinajstić information content (AvgIpc) is 2.19. The molecule has 0 spiro atoms. The van der Waals surface area contributed by atoms with Crippen LogP contribution in [0.5, 0.6) is 0 Å². The molecule has 0 amide bonds. The monoisotopic (exact) mass is 244 g/mol. The van der Waals surface area contributed by atoms with Gasteiger partial charge in [0.1, 0.15) is 0 Å². The lowest BCUT2D eigenvalue weighted by molar-refractivity contribution is -0.136. The fourth-order valence-electron chi connectivity index (χ4n) is 1.03. The molecule has 1 aromatic rings. The highest BCUT2D eigenvalue weighted by atomic mass is 32.2. The molecule has 0 radical (unpaired) electrons. The van der Waals surface area contributed by atoms with E-state index in [1.807, 2.05) is 0 Å². The fourth-order valence-corrected chi connectivity index (χ4v) is 2.13. The number of anilines is 1. The van der Waals surface area contributed by atoms with Gasteiger partial charge in [0.05, 0.1) is 23.6 Å². The number of nitrogens with one attached hydrogen (secondary N) is 1. The van der Waals surface area contributed by atoms with E-state index in [4.69, 9.17) is 5.11 Å². The van der Waals surface area contributed by atoms with Crippen molar-refractivity contribution in [2.75, 3.05) is 10.5 Å². The number of carboxylic acid groups (broad SMARTS) is 1. The van der Waals surface area contributed by atoms with Crippen LogP contribution in [0.2, 0.25) is 0 Å². The zero-order chi connectivity index (χ0) is 12.2. The van der Waals surface area contributed by atoms with Gasteiger partial charge in [-0.1, -0.05) is 0 Å². The van der Waals surface area contributed by atoms with Gasteiger partial charge >= 0.3 is 5.97 Å². The van der Waals surface area contributed by atoms with Gasteiger partial charge in [-0.2, -0.15) is 0 Å². The second-order valence-electron chi connectivity index (χ2n) is 3.20. The van der Waals surface area contributed by atoms with Crippen molar-refractivity contribution in [2.45, 2.75) is 13.3 Å². The predicted molar refractivity (Wildman–Crippen MR) is 58.6 cm³/mol. The maximum Gasteiger partial charge on any atom is 0.304 e. The molecule has 0 aliphatic carbocycles. The third-order valence-electron chi connectivity index (χ3n) is 1.86. The molecule has 2 N–H and O–H groups in total. The van der Waals surface area contributed by atoms with Gasteiger partial charge in [0.2, 0.25) is 10.0 Å². The molecule has 1 aromatic heterocycles. The molecule has 0 atom stereocenters. The Morgan fingerprint density at radius 1 is 1.56 bits per heavy atom. The van der Waals surface area contributed by atoms with Crippen molar-refractivity contribution in [2.24, 2.45) is 0 Å². The summed E-state index contributed by atoms with van der Waals surface area (Å²) < 4.78 is 25.2. The van der Waals surface area contributed by atoms with Crippen LogP contribution in [-0.2, 0) is 14.8 Å². The van der Waals surface area contributed by atoms with Crippen molar-refractivity contribution in [1.82, 2.24) is 4.98 Å². The van der Waals surface area contributed by atoms with Crippen molar-refractivity contribution in [3.8, 4) is 0 Å². The second-order valence-corrected chi connectivity index (χ2v) is 5.04. The van der Waals surface area contributed by atoms with Crippen LogP contribution < -0.4 is 4.72 Å². The topological polar surface area (TPSA) is 96.4 Å². The van der Waals surface area contributed by atoms with E-state index < -0.39 is 28.2 Å². The molecule has 0 aliphatic rings. The van der Waals surface area contributed by atoms with Crippen molar-refractivity contribution in [1.29, 1.82) is 0 Å². The lowest BCUT2D eigenvalue weighted by atomic mass is 10.3. The maximum absolute atomic E-state index is 11.5. The molecule has 0 unspecified atom stereocenters. The van der Waals surface area contributed by atoms with E-state index in [0.717, 1.165) is 0 Å². The highest BCUT2D eigenvalue weighted by Crippen LogP contribution is 2.12. The van der Waals surface area contributed by atoms with Crippen molar-refractivity contribution in [3.63, 3.8) is 0 Å². The molecule has 0 aliphatic heterocycles. The summed E-state index contributed by atoms with van der Waals surface area (Å²) in [6.07, 6.45) is 1.12. The SMILES string of the molecule is Cc1ncccc1NS(=O)(=O)CCC(=O)O. The van der Waals surface area contributed by atoms with E-state index in [2.05, 4.69) is 9.71 Å². The number of carboxylic acids is 1. The Bertz CT molecular complexity index is 484. The highest BCUT2D eigenvalue weighted by Gasteiger charge is 2.13. The molecule has 16 heavy (non-hydrogen) atoms. The van der Waals surface area contributed by atoms with E-state index in [0.29, 0.717) is 11.4 Å². The summed E-state index contributed by atoms with van der Waals surface area (Å²) in [6.45, 7) is 1.66. The number of aromatic nitrogens is 1. The summed E-state index contributed by atoms with van der Waals surface area (Å²) in [5.74, 6) is -1.59. The summed E-state index contributed by atoms with van der Waals surface area (Å²) in [7, 11) is -3.62. The number of aryl methyl sites for hydroxylation is 1. The Morgan fingerprint density at radius 3 is 2.81 bits per heavy atom. The minimum absolute atomic E-state index is 0.368. The van der Waals surface area contributed by atoms with Crippen molar-refractivity contribution in [3.05, 3.63) is 24.0 Å². The van der Waals surface area contributed by atoms with Gasteiger partial charge < -0.3 is 5.11 Å². The van der Waals surface area contributed by atoms with Crippen LogP contribution in [-0.4, -0.2) is 30.2 Å². The lowest BCUT2D eigenvalue weighted by Gasteiger charge is -2.08. The first-order chi connectivity index (χ1) is 7.41. The van der Waals surface area contributed by atoms with Crippen LogP contribution in [0.4, 0.5) is 5.69 Å². The lowest BCUT2D eigenvalue weighted by Crippen LogP contribution is -2.19. The quantitative estimate of drug-likeness (QED) is 0.790. The van der Waals surface area contributed by atoms with Crippen molar-refractivity contribution < 1.29 is 18.3 Å². The highest BCUT2D eigenvalue weighted by molar-refractivity contribution is 7.92. The number of nitrogens with zero attached hydrogens (tertiary/aromatic N) is 1. The molecule has 0 fully saturated rings. The minimum atomic E-state index is -3.62. The maximum atomic E-state index is 11.5. The molecular formula is C9H12N2O4S. The summed E-state index contributed by atoms with van der Waals surface area (Å²) in [5, 5.41) is 8.39. The van der Waals surface area contributed by atoms with Gasteiger partial charge in [-0.05, 0) is 19.1 Å². The predicted octanol–water partition coefficient (Wildman–Crippen LogP) is 0.606. The largest absolute Gasteiger partial charge is 0.481 e. The minimum Gasteiger partial charge on any atom is -0.481 e. The Morgan fingerprint density at radius 2 is 2.25 bits per heavy atom. The summed E-state index contributed by atoms with van der Waals surface area (Å²) >= 11 is 0. The van der Waals surface area contributed by atoms with Gasteiger partial charge in [0.25, 0.3) is 0 Å². The van der Waals surface area contributed by atoms with E-state index in [1.165, 1.54) is 0 Å². The summed E-state index contributed by atoms with van der Waals surface area (Å²) in [5.41, 5.74) is 0.911. The Balaban J connectivity index is 2.73. The summed E-state index contributed by atoms with van der Waals surface area (Å²) in [4.78, 5) is 14.2. The third kappa shape index (κ3) is 3.85. The van der Waals surface area contributed by atoms with E-state index in [-0.39, 0.29) is 0 Å². The molecule has 0 aromatic carbocycles. The standard InChI is InChI=1S/C9H12N2O4S/c1-7-8(3-2-5-10-7)11-16(14,15)6-4-9(12)13/h2-3,5,11H,4,6H2,1H3,(H,12,13).